The highest BCUT2D eigenvalue weighted by Crippen LogP contribution is 2.16. The van der Waals surface area contributed by atoms with E-state index in [1.165, 1.54) is 19.1 Å². The number of nitrogens with zero attached hydrogens (tertiary/aromatic N) is 1. The summed E-state index contributed by atoms with van der Waals surface area (Å²) in [5.74, 6) is 1.13. The smallest absolute Gasteiger partial charge is 0.147 e. The second-order valence-electron chi connectivity index (χ2n) is 5.08. The molecule has 0 saturated carbocycles. The molecule has 1 rings (SSSR count). The van der Waals surface area contributed by atoms with Crippen molar-refractivity contribution in [2.24, 2.45) is 5.92 Å². The average molecular weight is 262 g/mol. The van der Waals surface area contributed by atoms with Crippen molar-refractivity contribution in [1.82, 2.24) is 10.2 Å². The van der Waals surface area contributed by atoms with Gasteiger partial charge in [0.25, 0.3) is 0 Å². The standard InChI is InChI=1S/C12H26N2O2S/c1-3-13-11-12-5-8-14(9-6-12)7-4-10-17(2,15)16/h12-13H,3-11H2,1-2H3. The van der Waals surface area contributed by atoms with E-state index in [-0.39, 0.29) is 0 Å². The molecule has 102 valence electrons. The second kappa shape index (κ2) is 7.34. The number of hydrogen-bond acceptors (Lipinski definition) is 4. The van der Waals surface area contributed by atoms with E-state index in [1.807, 2.05) is 0 Å². The van der Waals surface area contributed by atoms with Crippen LogP contribution in [0.15, 0.2) is 0 Å². The molecule has 0 spiro atoms. The summed E-state index contributed by atoms with van der Waals surface area (Å²) in [6.45, 7) is 7.50. The topological polar surface area (TPSA) is 49.4 Å². The second-order valence-corrected chi connectivity index (χ2v) is 7.34. The van der Waals surface area contributed by atoms with Gasteiger partial charge in [-0.05, 0) is 57.9 Å². The highest BCUT2D eigenvalue weighted by Gasteiger charge is 2.18. The van der Waals surface area contributed by atoms with E-state index in [0.717, 1.165) is 45.1 Å². The maximum absolute atomic E-state index is 11.0. The van der Waals surface area contributed by atoms with Gasteiger partial charge in [0.1, 0.15) is 9.84 Å². The number of piperidine rings is 1. The molecule has 0 radical (unpaired) electrons. The largest absolute Gasteiger partial charge is 0.317 e. The average Bonchev–Trinajstić information content (AvgIpc) is 2.26. The summed E-state index contributed by atoms with van der Waals surface area (Å²) in [6.07, 6.45) is 4.57. The van der Waals surface area contributed by atoms with Crippen LogP contribution in [0.5, 0.6) is 0 Å². The summed E-state index contributed by atoms with van der Waals surface area (Å²) in [4.78, 5) is 2.40. The fourth-order valence-electron chi connectivity index (χ4n) is 2.31. The van der Waals surface area contributed by atoms with Gasteiger partial charge in [0.15, 0.2) is 0 Å². The van der Waals surface area contributed by atoms with Crippen LogP contribution in [0.3, 0.4) is 0 Å². The molecule has 0 aromatic heterocycles. The highest BCUT2D eigenvalue weighted by atomic mass is 32.2. The fraction of sp³-hybridized carbons (Fsp3) is 1.00. The third-order valence-electron chi connectivity index (χ3n) is 3.38. The number of nitrogens with one attached hydrogen (secondary N) is 1. The molecule has 1 fully saturated rings. The summed E-state index contributed by atoms with van der Waals surface area (Å²) in [7, 11) is -2.78. The molecule has 17 heavy (non-hydrogen) atoms. The zero-order valence-electron chi connectivity index (χ0n) is 11.1. The maximum Gasteiger partial charge on any atom is 0.147 e. The predicted molar refractivity (Wildman–Crippen MR) is 72.0 cm³/mol. The van der Waals surface area contributed by atoms with Gasteiger partial charge < -0.3 is 10.2 Å². The van der Waals surface area contributed by atoms with Crippen molar-refractivity contribution in [2.45, 2.75) is 26.2 Å². The molecule has 1 saturated heterocycles. The van der Waals surface area contributed by atoms with Gasteiger partial charge in [-0.3, -0.25) is 0 Å². The molecule has 0 amide bonds. The number of hydrogen-bond donors (Lipinski definition) is 1. The van der Waals surface area contributed by atoms with Gasteiger partial charge in [-0.1, -0.05) is 6.92 Å². The zero-order valence-corrected chi connectivity index (χ0v) is 11.9. The summed E-state index contributed by atoms with van der Waals surface area (Å²) in [5, 5.41) is 3.40. The Balaban J connectivity index is 2.11. The van der Waals surface area contributed by atoms with Crippen LogP contribution in [-0.2, 0) is 9.84 Å². The van der Waals surface area contributed by atoms with E-state index in [9.17, 15) is 8.42 Å². The Bertz CT molecular complexity index is 296. The lowest BCUT2D eigenvalue weighted by Crippen LogP contribution is -2.38. The molecule has 5 heteroatoms. The van der Waals surface area contributed by atoms with Gasteiger partial charge in [-0.15, -0.1) is 0 Å². The summed E-state index contributed by atoms with van der Waals surface area (Å²) in [6, 6.07) is 0. The van der Waals surface area contributed by atoms with Gasteiger partial charge in [0.2, 0.25) is 0 Å². The fourth-order valence-corrected chi connectivity index (χ4v) is 2.97. The van der Waals surface area contributed by atoms with E-state index in [2.05, 4.69) is 17.1 Å². The third kappa shape index (κ3) is 7.01. The van der Waals surface area contributed by atoms with E-state index in [4.69, 9.17) is 0 Å². The van der Waals surface area contributed by atoms with E-state index in [0.29, 0.717) is 5.75 Å². The molecule has 0 bridgehead atoms. The van der Waals surface area contributed by atoms with Crippen LogP contribution < -0.4 is 5.32 Å². The Morgan fingerprint density at radius 1 is 1.29 bits per heavy atom. The van der Waals surface area contributed by atoms with E-state index >= 15 is 0 Å². The molecule has 1 heterocycles. The first kappa shape index (κ1) is 14.9. The van der Waals surface area contributed by atoms with Crippen molar-refractivity contribution >= 4 is 9.84 Å². The van der Waals surface area contributed by atoms with Crippen molar-refractivity contribution in [3.05, 3.63) is 0 Å². The van der Waals surface area contributed by atoms with Crippen molar-refractivity contribution in [3.63, 3.8) is 0 Å². The van der Waals surface area contributed by atoms with Crippen LogP contribution in [0, 0.1) is 5.92 Å². The molecule has 1 aliphatic heterocycles. The van der Waals surface area contributed by atoms with Crippen LogP contribution >= 0.6 is 0 Å². The molecule has 1 aliphatic rings. The lowest BCUT2D eigenvalue weighted by Gasteiger charge is -2.31. The van der Waals surface area contributed by atoms with Gasteiger partial charge in [0.05, 0.1) is 5.75 Å². The summed E-state index contributed by atoms with van der Waals surface area (Å²) in [5.41, 5.74) is 0. The first-order valence-corrected chi connectivity index (χ1v) is 8.68. The van der Waals surface area contributed by atoms with Gasteiger partial charge in [0, 0.05) is 6.26 Å². The van der Waals surface area contributed by atoms with Crippen LogP contribution in [0.1, 0.15) is 26.2 Å². The minimum atomic E-state index is -2.78. The molecule has 4 nitrogen and oxygen atoms in total. The van der Waals surface area contributed by atoms with Crippen LogP contribution in [-0.4, -0.2) is 58.1 Å². The summed E-state index contributed by atoms with van der Waals surface area (Å²) >= 11 is 0. The Labute approximate surface area is 106 Å². The minimum Gasteiger partial charge on any atom is -0.317 e. The molecule has 1 N–H and O–H groups in total. The number of rotatable bonds is 7. The molecule has 0 aliphatic carbocycles. The van der Waals surface area contributed by atoms with E-state index in [1.54, 1.807) is 0 Å². The molecule has 0 aromatic carbocycles. The summed E-state index contributed by atoms with van der Waals surface area (Å²) < 4.78 is 22.0. The van der Waals surface area contributed by atoms with Crippen molar-refractivity contribution in [2.75, 3.05) is 44.7 Å². The Kier molecular flexibility index (Phi) is 6.44. The normalized spacial score (nSPS) is 19.6. The van der Waals surface area contributed by atoms with Gasteiger partial charge in [-0.2, -0.15) is 0 Å². The molecule has 0 atom stereocenters. The highest BCUT2D eigenvalue weighted by molar-refractivity contribution is 7.90. The van der Waals surface area contributed by atoms with Crippen LogP contribution in [0.2, 0.25) is 0 Å². The molecular formula is C12H26N2O2S. The third-order valence-corrected chi connectivity index (χ3v) is 4.41. The lowest BCUT2D eigenvalue weighted by atomic mass is 9.97. The lowest BCUT2D eigenvalue weighted by molar-refractivity contribution is 0.183. The Morgan fingerprint density at radius 2 is 1.94 bits per heavy atom. The first-order chi connectivity index (χ1) is 8.01. The Hall–Kier alpha value is -0.130. The van der Waals surface area contributed by atoms with Gasteiger partial charge >= 0.3 is 0 Å². The van der Waals surface area contributed by atoms with Gasteiger partial charge in [-0.25, -0.2) is 8.42 Å². The first-order valence-electron chi connectivity index (χ1n) is 6.62. The monoisotopic (exact) mass is 262 g/mol. The van der Waals surface area contributed by atoms with Crippen LogP contribution in [0.25, 0.3) is 0 Å². The maximum atomic E-state index is 11.0. The Morgan fingerprint density at radius 3 is 2.47 bits per heavy atom. The number of likely N-dealkylation sites (tertiary alicyclic amines) is 1. The van der Waals surface area contributed by atoms with E-state index < -0.39 is 9.84 Å². The quantitative estimate of drug-likeness (QED) is 0.735. The van der Waals surface area contributed by atoms with Crippen molar-refractivity contribution < 1.29 is 8.42 Å². The molecule has 0 aromatic rings. The van der Waals surface area contributed by atoms with Crippen LogP contribution in [0.4, 0.5) is 0 Å². The SMILES string of the molecule is CCNCC1CCN(CCCS(C)(=O)=O)CC1. The van der Waals surface area contributed by atoms with Crippen molar-refractivity contribution in [1.29, 1.82) is 0 Å². The zero-order chi connectivity index (χ0) is 12.7. The number of sulfone groups is 1. The predicted octanol–water partition coefficient (Wildman–Crippen LogP) is 0.743. The molecule has 0 unspecified atom stereocenters. The minimum absolute atomic E-state index is 0.324. The molecular weight excluding hydrogens is 236 g/mol. The van der Waals surface area contributed by atoms with Crippen molar-refractivity contribution in [3.8, 4) is 0 Å².